The Kier molecular flexibility index (Phi) is 8.93. The van der Waals surface area contributed by atoms with Crippen LogP contribution in [0.25, 0.3) is 22.3 Å². The summed E-state index contributed by atoms with van der Waals surface area (Å²) >= 11 is 0. The van der Waals surface area contributed by atoms with Gasteiger partial charge in [0.05, 0.1) is 10.2 Å². The van der Waals surface area contributed by atoms with Crippen LogP contribution in [0.1, 0.15) is 0 Å². The maximum absolute atomic E-state index is 8.25. The van der Waals surface area contributed by atoms with Crippen LogP contribution in [-0.2, 0) is 17.1 Å². The predicted molar refractivity (Wildman–Crippen MR) is 84.5 cm³/mol. The summed E-state index contributed by atoms with van der Waals surface area (Å²) in [6.45, 7) is 0. The topological polar surface area (TPSA) is 200 Å². The number of H-pyrrole nitrogens is 1. The van der Waals surface area contributed by atoms with E-state index in [2.05, 4.69) is 15.0 Å². The number of imidazole rings is 1. The molecule has 0 aliphatic carbocycles. The molecule has 0 atom stereocenters. The van der Waals surface area contributed by atoms with E-state index in [1.807, 2.05) is 30.3 Å². The second-order valence-corrected chi connectivity index (χ2v) is 4.00. The van der Waals surface area contributed by atoms with Crippen molar-refractivity contribution in [1.82, 2.24) is 15.0 Å². The first-order valence-electron chi connectivity index (χ1n) is 6.09. The van der Waals surface area contributed by atoms with Gasteiger partial charge < -0.3 is 41.4 Å². The normalized spacial score (nSPS) is 8.80. The number of aromatic nitrogens is 3. The number of hydrogen-bond donors (Lipinski definition) is 2. The third-order valence-corrected chi connectivity index (χ3v) is 2.51. The predicted octanol–water partition coefficient (Wildman–Crippen LogP) is 1.73. The first-order valence-corrected chi connectivity index (χ1v) is 6.09. The van der Waals surface area contributed by atoms with Crippen molar-refractivity contribution in [1.29, 1.82) is 0 Å². The Bertz CT molecular complexity index is 808. The molecule has 3 rings (SSSR count). The SMILES string of the molecule is Nc1nc(-c2ncc[nH]2)cc2ccccc12.O=[N+]([O-])[O-].O=[N+]([O-])[O-].[Cu+2]. The van der Waals surface area contributed by atoms with Crippen molar-refractivity contribution < 1.29 is 27.2 Å². The summed E-state index contributed by atoms with van der Waals surface area (Å²) in [5, 5.41) is 31.5. The summed E-state index contributed by atoms with van der Waals surface area (Å²) in [6.07, 6.45) is 3.46. The molecule has 0 fully saturated rings. The summed E-state index contributed by atoms with van der Waals surface area (Å²) in [5.74, 6) is 1.27. The minimum Gasteiger partial charge on any atom is -0.383 e. The summed E-state index contributed by atoms with van der Waals surface area (Å²) < 4.78 is 0. The Labute approximate surface area is 150 Å². The van der Waals surface area contributed by atoms with Crippen molar-refractivity contribution in [2.75, 3.05) is 5.73 Å². The van der Waals surface area contributed by atoms with E-state index in [1.165, 1.54) is 0 Å². The fourth-order valence-electron chi connectivity index (χ4n) is 1.75. The second kappa shape index (κ2) is 10.4. The molecule has 1 aromatic carbocycles. The van der Waals surface area contributed by atoms with Gasteiger partial charge in [0.2, 0.25) is 0 Å². The molecule has 0 spiro atoms. The van der Waals surface area contributed by atoms with Crippen molar-refractivity contribution >= 4 is 16.6 Å². The van der Waals surface area contributed by atoms with E-state index >= 15 is 0 Å². The number of pyridine rings is 1. The minimum absolute atomic E-state index is 0. The summed E-state index contributed by atoms with van der Waals surface area (Å²) in [7, 11) is 0. The van der Waals surface area contributed by atoms with Crippen LogP contribution in [0.15, 0.2) is 42.7 Å². The maximum atomic E-state index is 8.25. The largest absolute Gasteiger partial charge is 2.00 e. The van der Waals surface area contributed by atoms with E-state index in [1.54, 1.807) is 12.4 Å². The molecule has 25 heavy (non-hydrogen) atoms. The molecular formula is C12H10CuN6O6. The fraction of sp³-hybridized carbons (Fsp3) is 0. The average molecular weight is 398 g/mol. The molecule has 13 heteroatoms. The first kappa shape index (κ1) is 21.6. The zero-order valence-electron chi connectivity index (χ0n) is 12.2. The third kappa shape index (κ3) is 7.58. The van der Waals surface area contributed by atoms with Crippen molar-refractivity contribution in [3.63, 3.8) is 0 Å². The van der Waals surface area contributed by atoms with Crippen molar-refractivity contribution in [2.24, 2.45) is 0 Å². The smallest absolute Gasteiger partial charge is 0.383 e. The molecule has 0 bridgehead atoms. The van der Waals surface area contributed by atoms with Gasteiger partial charge in [0, 0.05) is 17.8 Å². The van der Waals surface area contributed by atoms with Gasteiger partial charge in [-0.15, -0.1) is 0 Å². The Morgan fingerprint density at radius 2 is 1.60 bits per heavy atom. The molecule has 2 heterocycles. The molecule has 3 aromatic rings. The van der Waals surface area contributed by atoms with E-state index in [0.717, 1.165) is 22.3 Å². The summed E-state index contributed by atoms with van der Waals surface area (Å²) in [4.78, 5) is 28.0. The third-order valence-electron chi connectivity index (χ3n) is 2.51. The molecule has 0 aliphatic rings. The van der Waals surface area contributed by atoms with Crippen molar-refractivity contribution in [2.45, 2.75) is 0 Å². The fourth-order valence-corrected chi connectivity index (χ4v) is 1.75. The van der Waals surface area contributed by atoms with Gasteiger partial charge in [0.25, 0.3) is 0 Å². The number of rotatable bonds is 1. The Morgan fingerprint density at radius 1 is 1.04 bits per heavy atom. The molecule has 0 saturated heterocycles. The van der Waals surface area contributed by atoms with Crippen LogP contribution in [0, 0.1) is 30.6 Å². The van der Waals surface area contributed by atoms with Crippen LogP contribution >= 0.6 is 0 Å². The number of hydrogen-bond acceptors (Lipinski definition) is 9. The standard InChI is InChI=1S/C12H10N4.Cu.2NO3/c13-11-9-4-2-1-3-8(9)7-10(16-11)12-14-5-6-15-12;;2*2-1(3)4/h1-7H,(H2,13,16)(H,14,15);;;/q;+2;2*-1. The molecule has 0 unspecified atom stereocenters. The number of nitrogens with two attached hydrogens (primary N) is 1. The number of anilines is 1. The Morgan fingerprint density at radius 3 is 2.12 bits per heavy atom. The molecule has 0 aliphatic heterocycles. The van der Waals surface area contributed by atoms with Gasteiger partial charge >= 0.3 is 17.1 Å². The monoisotopic (exact) mass is 397 g/mol. The number of fused-ring (bicyclic) bond motifs is 1. The number of nitrogens with one attached hydrogen (secondary N) is 1. The Balaban J connectivity index is 0.000000549. The van der Waals surface area contributed by atoms with E-state index in [0.29, 0.717) is 5.82 Å². The average Bonchev–Trinajstić information content (AvgIpc) is 3.00. The number of nitrogens with zero attached hydrogens (tertiary/aromatic N) is 4. The molecule has 1 radical (unpaired) electrons. The number of aromatic amines is 1. The molecule has 135 valence electrons. The van der Waals surface area contributed by atoms with Crippen molar-refractivity contribution in [3.8, 4) is 11.5 Å². The molecule has 12 nitrogen and oxygen atoms in total. The van der Waals surface area contributed by atoms with Crippen LogP contribution in [0.5, 0.6) is 0 Å². The van der Waals surface area contributed by atoms with Gasteiger partial charge in [0.1, 0.15) is 11.5 Å². The van der Waals surface area contributed by atoms with E-state index in [4.69, 9.17) is 36.4 Å². The number of benzene rings is 1. The maximum Gasteiger partial charge on any atom is 2.00 e. The Hall–Kier alpha value is -3.44. The van der Waals surface area contributed by atoms with Gasteiger partial charge in [0.15, 0.2) is 5.82 Å². The molecule has 0 amide bonds. The summed E-state index contributed by atoms with van der Waals surface area (Å²) in [5.41, 5.74) is 6.68. The van der Waals surface area contributed by atoms with Gasteiger partial charge in [-0.3, -0.25) is 0 Å². The minimum atomic E-state index is -1.75. The first-order chi connectivity index (χ1) is 11.3. The van der Waals surface area contributed by atoms with E-state index in [9.17, 15) is 0 Å². The van der Waals surface area contributed by atoms with E-state index < -0.39 is 10.2 Å². The quantitative estimate of drug-likeness (QED) is 0.348. The zero-order valence-corrected chi connectivity index (χ0v) is 13.1. The molecular weight excluding hydrogens is 388 g/mol. The van der Waals surface area contributed by atoms with Crippen LogP contribution in [-0.4, -0.2) is 25.1 Å². The van der Waals surface area contributed by atoms with Crippen molar-refractivity contribution in [3.05, 3.63) is 73.4 Å². The molecule has 0 saturated carbocycles. The van der Waals surface area contributed by atoms with Gasteiger partial charge in [-0.05, 0) is 11.5 Å². The van der Waals surface area contributed by atoms with Gasteiger partial charge in [-0.2, -0.15) is 0 Å². The van der Waals surface area contributed by atoms with Gasteiger partial charge in [-0.25, -0.2) is 9.97 Å². The summed E-state index contributed by atoms with van der Waals surface area (Å²) in [6, 6.07) is 9.88. The van der Waals surface area contributed by atoms with E-state index in [-0.39, 0.29) is 17.1 Å². The second-order valence-electron chi connectivity index (χ2n) is 4.00. The zero-order chi connectivity index (χ0) is 18.1. The molecule has 3 N–H and O–H groups in total. The number of nitrogen functional groups attached to an aromatic ring is 1. The van der Waals surface area contributed by atoms with Crippen LogP contribution in [0.4, 0.5) is 5.82 Å². The molecule has 2 aromatic heterocycles. The van der Waals surface area contributed by atoms with Crippen LogP contribution in [0.2, 0.25) is 0 Å². The van der Waals surface area contributed by atoms with Crippen LogP contribution in [0.3, 0.4) is 0 Å². The van der Waals surface area contributed by atoms with Gasteiger partial charge in [-0.1, -0.05) is 24.3 Å². The van der Waals surface area contributed by atoms with Crippen LogP contribution < -0.4 is 5.73 Å².